The third kappa shape index (κ3) is 2.86. The molecule has 1 saturated heterocycles. The standard InChI is InChI=1S/C18H25N7O2/c1-11-14-10-19-18-20-15-12(2)25(13-4-8-26-9-5-13)23-17(15)27-7-3-6-24(22-11)16(14)21-18/h13H,3-10H2,1-2H3,(H2,19,20,21). The normalized spacial score (nSPS) is 19.9. The smallest absolute Gasteiger partial charge is 0.257 e. The summed E-state index contributed by atoms with van der Waals surface area (Å²) in [7, 11) is 0. The van der Waals surface area contributed by atoms with Gasteiger partial charge in [0.2, 0.25) is 5.96 Å². The van der Waals surface area contributed by atoms with Crippen LogP contribution in [0.2, 0.25) is 0 Å². The van der Waals surface area contributed by atoms with Gasteiger partial charge < -0.3 is 20.1 Å². The van der Waals surface area contributed by atoms with Crippen molar-refractivity contribution in [1.29, 1.82) is 0 Å². The summed E-state index contributed by atoms with van der Waals surface area (Å²) in [6, 6.07) is 0.349. The van der Waals surface area contributed by atoms with Crippen molar-refractivity contribution in [2.75, 3.05) is 25.1 Å². The van der Waals surface area contributed by atoms with Crippen molar-refractivity contribution in [3.63, 3.8) is 0 Å². The Morgan fingerprint density at radius 1 is 1.11 bits per heavy atom. The zero-order valence-electron chi connectivity index (χ0n) is 15.8. The lowest BCUT2D eigenvalue weighted by molar-refractivity contribution is 0.0652. The van der Waals surface area contributed by atoms with E-state index in [1.807, 2.05) is 11.6 Å². The molecule has 9 heteroatoms. The van der Waals surface area contributed by atoms with Gasteiger partial charge in [-0.25, -0.2) is 4.68 Å². The van der Waals surface area contributed by atoms with Crippen LogP contribution in [0.1, 0.15) is 42.3 Å². The summed E-state index contributed by atoms with van der Waals surface area (Å²) in [6.07, 6.45) is 2.80. The zero-order valence-corrected chi connectivity index (χ0v) is 15.8. The number of nitrogens with zero attached hydrogens (tertiary/aromatic N) is 5. The number of ether oxygens (including phenoxy) is 2. The van der Waals surface area contributed by atoms with Gasteiger partial charge in [0.05, 0.1) is 24.0 Å². The quantitative estimate of drug-likeness (QED) is 0.797. The minimum absolute atomic E-state index is 0.349. The summed E-state index contributed by atoms with van der Waals surface area (Å²) >= 11 is 0. The van der Waals surface area contributed by atoms with Gasteiger partial charge in [-0.2, -0.15) is 10.1 Å². The van der Waals surface area contributed by atoms with Crippen LogP contribution in [0.3, 0.4) is 0 Å². The van der Waals surface area contributed by atoms with Crippen LogP contribution >= 0.6 is 0 Å². The van der Waals surface area contributed by atoms with E-state index in [0.717, 1.165) is 74.0 Å². The van der Waals surface area contributed by atoms with Crippen molar-refractivity contribution < 1.29 is 9.47 Å². The van der Waals surface area contributed by atoms with E-state index >= 15 is 0 Å². The van der Waals surface area contributed by atoms with Gasteiger partial charge in [0, 0.05) is 38.3 Å². The average Bonchev–Trinajstić information content (AvgIpc) is 3.16. The summed E-state index contributed by atoms with van der Waals surface area (Å²) < 4.78 is 15.6. The van der Waals surface area contributed by atoms with Crippen molar-refractivity contribution in [3.8, 4) is 5.88 Å². The van der Waals surface area contributed by atoms with Crippen molar-refractivity contribution in [3.05, 3.63) is 17.0 Å². The van der Waals surface area contributed by atoms with Crippen LogP contribution in [0.5, 0.6) is 5.88 Å². The minimum atomic E-state index is 0.349. The maximum absolute atomic E-state index is 6.05. The monoisotopic (exact) mass is 371 g/mol. The van der Waals surface area contributed by atoms with Crippen LogP contribution in [0.4, 0.5) is 11.5 Å². The highest BCUT2D eigenvalue weighted by atomic mass is 16.5. The number of aryl methyl sites for hydroxylation is 2. The number of anilines is 1. The van der Waals surface area contributed by atoms with Crippen LogP contribution in [0.25, 0.3) is 0 Å². The topological polar surface area (TPSA) is 90.5 Å². The van der Waals surface area contributed by atoms with Crippen LogP contribution in [-0.2, 0) is 17.8 Å². The predicted octanol–water partition coefficient (Wildman–Crippen LogP) is 2.03. The number of hydrogen-bond acceptors (Lipinski definition) is 7. The molecule has 2 N–H and O–H groups in total. The maximum atomic E-state index is 6.05. The van der Waals surface area contributed by atoms with E-state index < -0.39 is 0 Å². The zero-order chi connectivity index (χ0) is 18.4. The Morgan fingerprint density at radius 3 is 2.81 bits per heavy atom. The fourth-order valence-corrected chi connectivity index (χ4v) is 4.01. The molecule has 144 valence electrons. The molecular weight excluding hydrogens is 346 g/mol. The molecule has 2 aromatic rings. The Hall–Kier alpha value is -2.55. The number of nitrogens with one attached hydrogen (secondary N) is 2. The lowest BCUT2D eigenvalue weighted by atomic mass is 10.1. The van der Waals surface area contributed by atoms with Gasteiger partial charge in [-0.1, -0.05) is 0 Å². The number of rotatable bonds is 1. The molecule has 5 heterocycles. The molecule has 0 aromatic carbocycles. The van der Waals surface area contributed by atoms with E-state index in [1.54, 1.807) is 0 Å². The first-order valence-corrected chi connectivity index (χ1v) is 9.66. The molecule has 0 saturated carbocycles. The van der Waals surface area contributed by atoms with Gasteiger partial charge in [0.15, 0.2) is 5.82 Å². The largest absolute Gasteiger partial charge is 0.475 e. The fourth-order valence-electron chi connectivity index (χ4n) is 4.01. The summed E-state index contributed by atoms with van der Waals surface area (Å²) in [5, 5.41) is 16.2. The van der Waals surface area contributed by atoms with Crippen molar-refractivity contribution in [1.82, 2.24) is 24.9 Å². The predicted molar refractivity (Wildman–Crippen MR) is 101 cm³/mol. The molecule has 1 fully saturated rings. The number of aliphatic imine (C=N–C) groups is 1. The van der Waals surface area contributed by atoms with Gasteiger partial charge in [-0.3, -0.25) is 4.68 Å². The van der Waals surface area contributed by atoms with Crippen molar-refractivity contribution in [2.45, 2.75) is 52.2 Å². The lowest BCUT2D eigenvalue weighted by Crippen LogP contribution is -2.33. The molecule has 5 rings (SSSR count). The third-order valence-corrected chi connectivity index (χ3v) is 5.52. The molecule has 0 radical (unpaired) electrons. The van der Waals surface area contributed by atoms with Crippen molar-refractivity contribution >= 4 is 17.5 Å². The Labute approximate surface area is 157 Å². The first-order chi connectivity index (χ1) is 13.2. The maximum Gasteiger partial charge on any atom is 0.257 e. The second-order valence-electron chi connectivity index (χ2n) is 7.31. The highest BCUT2D eigenvalue weighted by Gasteiger charge is 2.26. The van der Waals surface area contributed by atoms with E-state index in [0.29, 0.717) is 24.5 Å². The van der Waals surface area contributed by atoms with E-state index in [4.69, 9.17) is 19.6 Å². The summed E-state index contributed by atoms with van der Waals surface area (Å²) in [5.74, 6) is 2.29. The molecule has 3 aliphatic heterocycles. The van der Waals surface area contributed by atoms with E-state index in [1.165, 1.54) is 0 Å². The Kier molecular flexibility index (Phi) is 4.04. The number of fused-ring (bicyclic) bond motifs is 1. The molecule has 0 unspecified atom stereocenters. The molecule has 2 bridgehead atoms. The van der Waals surface area contributed by atoms with E-state index in [-0.39, 0.29) is 0 Å². The minimum Gasteiger partial charge on any atom is -0.475 e. The molecule has 0 amide bonds. The molecule has 0 aliphatic carbocycles. The highest BCUT2D eigenvalue weighted by molar-refractivity contribution is 5.97. The lowest BCUT2D eigenvalue weighted by Gasteiger charge is -2.23. The molecular formula is C18H25N7O2. The fraction of sp³-hybridized carbons (Fsp3) is 0.611. The van der Waals surface area contributed by atoms with Crippen LogP contribution in [-0.4, -0.2) is 45.3 Å². The van der Waals surface area contributed by atoms with Crippen LogP contribution < -0.4 is 15.4 Å². The molecule has 2 aromatic heterocycles. The first-order valence-electron chi connectivity index (χ1n) is 9.66. The van der Waals surface area contributed by atoms with Crippen LogP contribution in [0, 0.1) is 13.8 Å². The average molecular weight is 371 g/mol. The van der Waals surface area contributed by atoms with Gasteiger partial charge >= 0.3 is 0 Å². The SMILES string of the molecule is Cc1nn2c3c1CNC(=N3)Nc1c(nn(C3CCOCC3)c1C)OCCC2. The Morgan fingerprint density at radius 2 is 1.96 bits per heavy atom. The van der Waals surface area contributed by atoms with Crippen molar-refractivity contribution in [2.24, 2.45) is 4.99 Å². The van der Waals surface area contributed by atoms with E-state index in [2.05, 4.69) is 27.3 Å². The van der Waals surface area contributed by atoms with E-state index in [9.17, 15) is 0 Å². The number of aromatic nitrogens is 4. The molecule has 3 aliphatic rings. The third-order valence-electron chi connectivity index (χ3n) is 5.52. The van der Waals surface area contributed by atoms with Gasteiger partial charge in [0.25, 0.3) is 5.88 Å². The summed E-state index contributed by atoms with van der Waals surface area (Å²) in [4.78, 5) is 4.79. The summed E-state index contributed by atoms with van der Waals surface area (Å²) in [5.41, 5.74) is 4.15. The first kappa shape index (κ1) is 16.6. The summed E-state index contributed by atoms with van der Waals surface area (Å²) in [6.45, 7) is 7.77. The Balaban J connectivity index is 1.53. The van der Waals surface area contributed by atoms with Gasteiger partial charge in [0.1, 0.15) is 5.69 Å². The van der Waals surface area contributed by atoms with Crippen LogP contribution in [0.15, 0.2) is 4.99 Å². The second kappa shape index (κ2) is 6.56. The number of guanidine groups is 1. The highest BCUT2D eigenvalue weighted by Crippen LogP contribution is 2.34. The molecule has 9 nitrogen and oxygen atoms in total. The number of hydrogen-bond donors (Lipinski definition) is 2. The van der Waals surface area contributed by atoms with Gasteiger partial charge in [-0.15, -0.1) is 5.10 Å². The molecule has 0 spiro atoms. The Bertz CT molecular complexity index is 892. The molecule has 27 heavy (non-hydrogen) atoms. The second-order valence-corrected chi connectivity index (χ2v) is 7.31. The van der Waals surface area contributed by atoms with Gasteiger partial charge in [-0.05, 0) is 26.7 Å². The molecule has 0 atom stereocenters.